The number of halogens is 1. The van der Waals surface area contributed by atoms with Gasteiger partial charge in [-0.05, 0) is 36.2 Å². The van der Waals surface area contributed by atoms with Gasteiger partial charge in [-0.2, -0.15) is 0 Å². The van der Waals surface area contributed by atoms with Crippen LogP contribution in [0.25, 0.3) is 10.9 Å². The van der Waals surface area contributed by atoms with Crippen molar-refractivity contribution in [1.29, 1.82) is 0 Å². The minimum atomic E-state index is -0.303. The third-order valence-electron chi connectivity index (χ3n) is 4.59. The van der Waals surface area contributed by atoms with Crippen molar-refractivity contribution in [3.05, 3.63) is 65.6 Å². The maximum atomic E-state index is 13.3. The van der Waals surface area contributed by atoms with E-state index < -0.39 is 0 Å². The number of para-hydroxylation sites is 1. The fourth-order valence-corrected chi connectivity index (χ4v) is 3.32. The van der Waals surface area contributed by atoms with Gasteiger partial charge in [-0.3, -0.25) is 4.79 Å². The summed E-state index contributed by atoms with van der Waals surface area (Å²) in [6, 6.07) is 14.0. The van der Waals surface area contributed by atoms with Crippen LogP contribution in [0, 0.1) is 5.82 Å². The van der Waals surface area contributed by atoms with E-state index in [4.69, 9.17) is 4.74 Å². The Balaban J connectivity index is 1.63. The Morgan fingerprint density at radius 1 is 1.28 bits per heavy atom. The van der Waals surface area contributed by atoms with Crippen LogP contribution in [0.2, 0.25) is 0 Å². The van der Waals surface area contributed by atoms with Gasteiger partial charge in [0, 0.05) is 11.9 Å². The molecular formula is C20H19FN2O2. The molecule has 1 aliphatic heterocycles. The lowest BCUT2D eigenvalue weighted by Crippen LogP contribution is -2.31. The molecule has 1 amide bonds. The molecule has 0 fully saturated rings. The maximum Gasteiger partial charge on any atom is 0.268 e. The first kappa shape index (κ1) is 15.7. The minimum absolute atomic E-state index is 0.0558. The van der Waals surface area contributed by atoms with Gasteiger partial charge < -0.3 is 14.6 Å². The van der Waals surface area contributed by atoms with Gasteiger partial charge >= 0.3 is 0 Å². The molecule has 0 radical (unpaired) electrons. The zero-order valence-corrected chi connectivity index (χ0v) is 14.0. The Morgan fingerprint density at radius 2 is 2.12 bits per heavy atom. The summed E-state index contributed by atoms with van der Waals surface area (Å²) in [5, 5.41) is 3.88. The summed E-state index contributed by atoms with van der Waals surface area (Å²) in [6.45, 7) is 3.02. The van der Waals surface area contributed by atoms with Crippen molar-refractivity contribution >= 4 is 16.8 Å². The third kappa shape index (κ3) is 2.86. The van der Waals surface area contributed by atoms with Crippen LogP contribution in [0.5, 0.6) is 5.75 Å². The zero-order chi connectivity index (χ0) is 17.4. The maximum absolute atomic E-state index is 13.3. The summed E-state index contributed by atoms with van der Waals surface area (Å²) in [6.07, 6.45) is 0.929. The lowest BCUT2D eigenvalue weighted by molar-refractivity contribution is 0.0935. The first-order valence-electron chi connectivity index (χ1n) is 8.47. The molecule has 1 unspecified atom stereocenters. The van der Waals surface area contributed by atoms with Gasteiger partial charge in [0.05, 0.1) is 12.1 Å². The van der Waals surface area contributed by atoms with Crippen molar-refractivity contribution in [3.63, 3.8) is 0 Å². The number of carbonyl (C=O) groups is 1. The zero-order valence-electron chi connectivity index (χ0n) is 14.0. The molecule has 4 nitrogen and oxygen atoms in total. The molecule has 3 aromatic rings. The van der Waals surface area contributed by atoms with Crippen LogP contribution in [0.1, 0.15) is 29.4 Å². The molecule has 4 rings (SSSR count). The third-order valence-corrected chi connectivity index (χ3v) is 4.59. The van der Waals surface area contributed by atoms with Gasteiger partial charge in [0.15, 0.2) is 0 Å². The normalized spacial score (nSPS) is 15.8. The van der Waals surface area contributed by atoms with E-state index in [-0.39, 0.29) is 17.8 Å². The molecule has 0 spiro atoms. The molecule has 2 aromatic carbocycles. The van der Waals surface area contributed by atoms with Crippen LogP contribution in [0.3, 0.4) is 0 Å². The van der Waals surface area contributed by atoms with E-state index in [9.17, 15) is 9.18 Å². The molecule has 128 valence electrons. The fraction of sp³-hybridized carbons (Fsp3) is 0.250. The standard InChI is InChI=1S/C20H19FN2O2/c1-2-16-12-23-17(10-14-6-4-8-18(25-16)19(14)23)20(24)22-11-13-5-3-7-15(21)9-13/h3-10,16H,2,11-12H2,1H3,(H,22,24). The van der Waals surface area contributed by atoms with E-state index in [1.165, 1.54) is 12.1 Å². The number of benzene rings is 2. The number of aromatic nitrogens is 1. The van der Waals surface area contributed by atoms with E-state index in [1.807, 2.05) is 28.8 Å². The lowest BCUT2D eigenvalue weighted by Gasteiger charge is -2.26. The largest absolute Gasteiger partial charge is 0.486 e. The average molecular weight is 338 g/mol. The van der Waals surface area contributed by atoms with Crippen LogP contribution in [-0.4, -0.2) is 16.6 Å². The smallest absolute Gasteiger partial charge is 0.268 e. The number of ether oxygens (including phenoxy) is 1. The first-order chi connectivity index (χ1) is 12.2. The number of nitrogens with one attached hydrogen (secondary N) is 1. The van der Waals surface area contributed by atoms with Gasteiger partial charge in [0.25, 0.3) is 5.91 Å². The highest BCUT2D eigenvalue weighted by Crippen LogP contribution is 2.34. The first-order valence-corrected chi connectivity index (χ1v) is 8.47. The Hall–Kier alpha value is -2.82. The van der Waals surface area contributed by atoms with Crippen molar-refractivity contribution < 1.29 is 13.9 Å². The highest BCUT2D eigenvalue weighted by atomic mass is 19.1. The molecule has 5 heteroatoms. The van der Waals surface area contributed by atoms with Crippen LogP contribution < -0.4 is 10.1 Å². The van der Waals surface area contributed by atoms with Crippen molar-refractivity contribution in [2.75, 3.05) is 0 Å². The second kappa shape index (κ2) is 6.24. The van der Waals surface area contributed by atoms with Gasteiger partial charge in [0.2, 0.25) is 0 Å². The summed E-state index contributed by atoms with van der Waals surface area (Å²) in [5.74, 6) is 0.353. The van der Waals surface area contributed by atoms with Crippen LogP contribution in [-0.2, 0) is 13.1 Å². The van der Waals surface area contributed by atoms with Crippen LogP contribution in [0.15, 0.2) is 48.5 Å². The van der Waals surface area contributed by atoms with E-state index in [0.29, 0.717) is 18.8 Å². The topological polar surface area (TPSA) is 43.3 Å². The van der Waals surface area contributed by atoms with Gasteiger partial charge in [0.1, 0.15) is 23.4 Å². The second-order valence-electron chi connectivity index (χ2n) is 6.29. The van der Waals surface area contributed by atoms with Crippen molar-refractivity contribution in [2.45, 2.75) is 32.5 Å². The van der Waals surface area contributed by atoms with E-state index >= 15 is 0 Å². The van der Waals surface area contributed by atoms with Crippen molar-refractivity contribution in [2.24, 2.45) is 0 Å². The molecular weight excluding hydrogens is 319 g/mol. The van der Waals surface area contributed by atoms with Gasteiger partial charge in [-0.25, -0.2) is 4.39 Å². The predicted molar refractivity (Wildman–Crippen MR) is 94.2 cm³/mol. The van der Waals surface area contributed by atoms with E-state index in [0.717, 1.165) is 28.6 Å². The average Bonchev–Trinajstić information content (AvgIpc) is 3.00. The molecule has 1 aromatic heterocycles. The van der Waals surface area contributed by atoms with E-state index in [2.05, 4.69) is 12.2 Å². The number of hydrogen-bond acceptors (Lipinski definition) is 2. The fourth-order valence-electron chi connectivity index (χ4n) is 3.32. The summed E-state index contributed by atoms with van der Waals surface area (Å²) < 4.78 is 21.3. The van der Waals surface area contributed by atoms with Gasteiger partial charge in [-0.1, -0.05) is 31.2 Å². The molecule has 1 N–H and O–H groups in total. The quantitative estimate of drug-likeness (QED) is 0.784. The molecule has 0 saturated carbocycles. The van der Waals surface area contributed by atoms with E-state index in [1.54, 1.807) is 12.1 Å². The molecule has 1 atom stereocenters. The number of rotatable bonds is 4. The molecule has 1 aliphatic rings. The van der Waals surface area contributed by atoms with Crippen molar-refractivity contribution in [3.8, 4) is 5.75 Å². The summed E-state index contributed by atoms with van der Waals surface area (Å²) in [7, 11) is 0. The molecule has 0 aliphatic carbocycles. The van der Waals surface area contributed by atoms with Crippen molar-refractivity contribution in [1.82, 2.24) is 9.88 Å². The Morgan fingerprint density at radius 3 is 2.92 bits per heavy atom. The minimum Gasteiger partial charge on any atom is -0.486 e. The SMILES string of the molecule is CCC1Cn2c(C(=O)NCc3cccc(F)c3)cc3cccc(c32)O1. The predicted octanol–water partition coefficient (Wildman–Crippen LogP) is 3.88. The highest BCUT2D eigenvalue weighted by molar-refractivity contribution is 6.00. The van der Waals surface area contributed by atoms with Gasteiger partial charge in [-0.15, -0.1) is 0 Å². The molecule has 0 bridgehead atoms. The Labute approximate surface area is 145 Å². The number of carbonyl (C=O) groups excluding carboxylic acids is 1. The summed E-state index contributed by atoms with van der Waals surface area (Å²) in [4.78, 5) is 12.7. The van der Waals surface area contributed by atoms with Crippen LogP contribution >= 0.6 is 0 Å². The number of hydrogen-bond donors (Lipinski definition) is 1. The second-order valence-corrected chi connectivity index (χ2v) is 6.29. The van der Waals surface area contributed by atoms with Crippen LogP contribution in [0.4, 0.5) is 4.39 Å². The summed E-state index contributed by atoms with van der Waals surface area (Å²) in [5.41, 5.74) is 2.31. The Kier molecular flexibility index (Phi) is 3.92. The molecule has 0 saturated heterocycles. The monoisotopic (exact) mass is 338 g/mol. The summed E-state index contributed by atoms with van der Waals surface area (Å²) >= 11 is 0. The Bertz CT molecular complexity index is 948. The number of nitrogens with zero attached hydrogens (tertiary/aromatic N) is 1. The molecule has 2 heterocycles. The number of amides is 1. The molecule has 25 heavy (non-hydrogen) atoms. The highest BCUT2D eigenvalue weighted by Gasteiger charge is 2.25. The lowest BCUT2D eigenvalue weighted by atomic mass is 10.2.